The Balaban J connectivity index is 0. The average Bonchev–Trinajstić information content (AvgIpc) is 0. The summed E-state index contributed by atoms with van der Waals surface area (Å²) in [5.74, 6) is 0. The van der Waals surface area contributed by atoms with Gasteiger partial charge in [0.15, 0.2) is 0 Å². The molecule has 0 aliphatic rings. The van der Waals surface area contributed by atoms with Crippen molar-refractivity contribution in [1.82, 2.24) is 0 Å². The first-order valence-electron chi connectivity index (χ1n) is 0. The second-order valence-corrected chi connectivity index (χ2v) is 0. The molecule has 0 N–H and O–H groups in total. The largest absolute Gasteiger partial charge is 2.00 e. The van der Waals surface area contributed by atoms with Crippen molar-refractivity contribution in [2.24, 2.45) is 0 Å². The van der Waals surface area contributed by atoms with Gasteiger partial charge in [-0.1, -0.05) is 0 Å². The smallest absolute Gasteiger partial charge is 0 e. The molecule has 0 unspecified atom stereocenters. The van der Waals surface area contributed by atoms with E-state index >= 15 is 0 Å². The zero-order valence-corrected chi connectivity index (χ0v) is 4.89. The van der Waals surface area contributed by atoms with Crippen LogP contribution >= 0.6 is 0 Å². The summed E-state index contributed by atoms with van der Waals surface area (Å²) in [6.07, 6.45) is 0. The van der Waals surface area contributed by atoms with E-state index in [9.17, 15) is 0 Å². The van der Waals surface area contributed by atoms with Gasteiger partial charge in [0.25, 0.3) is 0 Å². The first kappa shape index (κ1) is 157. The van der Waals surface area contributed by atoms with E-state index in [2.05, 4.69) is 0 Å². The maximum absolute atomic E-state index is 0. The summed E-state index contributed by atoms with van der Waals surface area (Å²) in [6, 6.07) is 0. The molecule has 0 amide bonds. The van der Waals surface area contributed by atoms with Crippen LogP contribution in [-0.2, 0) is 38.8 Å². The molecule has 0 fully saturated rings. The van der Waals surface area contributed by atoms with E-state index in [0.29, 0.717) is 0 Å². The zero-order valence-electron chi connectivity index (χ0n) is 1.67. The molecule has 0 bridgehead atoms. The van der Waals surface area contributed by atoms with Gasteiger partial charge in [-0.3, -0.25) is 0 Å². The summed E-state index contributed by atoms with van der Waals surface area (Å²) in [5.41, 5.74) is 0. The summed E-state index contributed by atoms with van der Waals surface area (Å²) in [5, 5.41) is 0. The van der Waals surface area contributed by atoms with Gasteiger partial charge in [-0.05, 0) is 0 Å². The van der Waals surface area contributed by atoms with E-state index in [1.54, 1.807) is 0 Å². The number of hydrogen-bond acceptors (Lipinski definition) is 0. The van der Waals surface area contributed by atoms with Gasteiger partial charge in [-0.25, -0.2) is 0 Å². The molecule has 0 aromatic carbocycles. The fourth-order valence-electron chi connectivity index (χ4n) is 0. The van der Waals surface area contributed by atoms with E-state index in [-0.39, 0.29) is 38.8 Å². The fraction of sp³-hybridized carbons (Fsp3) is 0. The minimum absolute atomic E-state index is 0. The Morgan fingerprint density at radius 3 is 0.500 bits per heavy atom. The molecule has 4 heavy (non-hydrogen) atoms. The van der Waals surface area contributed by atoms with E-state index in [1.165, 1.54) is 0 Å². The molecule has 0 aromatic rings. The Morgan fingerprint density at radius 2 is 0.500 bits per heavy atom. The molecule has 0 rings (SSSR count). The minimum Gasteiger partial charge on any atom is -2.00 e. The Labute approximate surface area is 39.4 Å². The Kier molecular flexibility index (Phi) is 2540. The van der Waals surface area contributed by atoms with Crippen molar-refractivity contribution in [3.63, 3.8) is 0 Å². The topological polar surface area (TPSA) is 85.5 Å². The van der Waals surface area contributed by atoms with Crippen molar-refractivity contribution in [1.29, 1.82) is 0 Å². The van der Waals surface area contributed by atoms with Crippen molar-refractivity contribution in [3.8, 4) is 0 Å². The van der Waals surface area contributed by atoms with Gasteiger partial charge in [0.2, 0.25) is 0 Å². The minimum atomic E-state index is 0. The van der Waals surface area contributed by atoms with Crippen LogP contribution in [0.2, 0.25) is 0 Å². The third-order valence-corrected chi connectivity index (χ3v) is 0. The van der Waals surface area contributed by atoms with Crippen LogP contribution in [0.4, 0.5) is 0 Å². The van der Waals surface area contributed by atoms with E-state index < -0.39 is 0 Å². The first-order valence-corrected chi connectivity index (χ1v) is 0. The maximum atomic E-state index is 0. The van der Waals surface area contributed by atoms with Crippen molar-refractivity contribution >= 4 is 0 Å². The summed E-state index contributed by atoms with van der Waals surface area (Å²) in [6.45, 7) is 0. The first-order chi connectivity index (χ1) is 0. The molecule has 0 aliphatic carbocycles. The molecule has 0 heterocycles. The fourth-order valence-corrected chi connectivity index (χ4v) is 0. The monoisotopic (exact) mass is 229 g/mol. The van der Waals surface area contributed by atoms with Crippen LogP contribution in [-0.4, -0.2) is 0 Å². The molecule has 0 aliphatic heterocycles. The van der Waals surface area contributed by atoms with Gasteiger partial charge in [-0.2, -0.15) is 0 Å². The Bertz CT molecular complexity index is 3.25. The third-order valence-electron chi connectivity index (χ3n) is 0. The predicted octanol–water partition coefficient (Wildman–Crippen LogP) is -0.359. The summed E-state index contributed by atoms with van der Waals surface area (Å²) < 4.78 is 0. The molecular weight excluding hydrogens is 229 g/mol. The van der Waals surface area contributed by atoms with Gasteiger partial charge < -0.3 is 16.4 Å². The van der Waals surface area contributed by atoms with Crippen molar-refractivity contribution < 1.29 is 38.8 Å². The Morgan fingerprint density at radius 1 is 0.500 bits per heavy atom. The average molecular weight is 229 g/mol. The molecule has 1 radical (unpaired) electrons. The number of rotatable bonds is 0. The SMILES string of the molecule is [O-2].[O-2].[O-2].[Ta]. The van der Waals surface area contributed by atoms with E-state index in [4.69, 9.17) is 0 Å². The van der Waals surface area contributed by atoms with Crippen LogP contribution in [0, 0.1) is 0 Å². The quantitative estimate of drug-likeness (QED) is 0.543. The van der Waals surface area contributed by atoms with Crippen molar-refractivity contribution in [2.75, 3.05) is 0 Å². The molecule has 0 atom stereocenters. The van der Waals surface area contributed by atoms with Gasteiger partial charge in [-0.15, -0.1) is 0 Å². The molecule has 4 heteroatoms. The molecular formula is O3Ta-6. The molecule has 0 saturated carbocycles. The molecule has 0 saturated heterocycles. The van der Waals surface area contributed by atoms with Gasteiger partial charge in [0.05, 0.1) is 0 Å². The molecule has 0 spiro atoms. The van der Waals surface area contributed by atoms with Gasteiger partial charge in [0, 0.05) is 22.4 Å². The van der Waals surface area contributed by atoms with Gasteiger partial charge >= 0.3 is 0 Å². The third kappa shape index (κ3) is 17.9. The molecule has 29 valence electrons. The maximum Gasteiger partial charge on any atom is 0 e. The molecule has 0 aromatic heterocycles. The summed E-state index contributed by atoms with van der Waals surface area (Å²) in [7, 11) is 0. The van der Waals surface area contributed by atoms with Gasteiger partial charge in [0.1, 0.15) is 0 Å². The predicted molar refractivity (Wildman–Crippen MR) is 2.06 cm³/mol. The van der Waals surface area contributed by atoms with E-state index in [1.807, 2.05) is 0 Å². The van der Waals surface area contributed by atoms with Crippen molar-refractivity contribution in [2.45, 2.75) is 0 Å². The van der Waals surface area contributed by atoms with E-state index in [0.717, 1.165) is 0 Å². The van der Waals surface area contributed by atoms with Crippen LogP contribution in [0.3, 0.4) is 0 Å². The van der Waals surface area contributed by atoms with Crippen LogP contribution in [0.25, 0.3) is 0 Å². The second-order valence-electron chi connectivity index (χ2n) is 0. The van der Waals surface area contributed by atoms with Crippen LogP contribution < -0.4 is 0 Å². The number of hydrogen-bond donors (Lipinski definition) is 0. The zero-order chi connectivity index (χ0) is 0. The standard InChI is InChI=1S/3O.Ta/q3*-2;. The normalized spacial score (nSPS) is 0. The van der Waals surface area contributed by atoms with Crippen LogP contribution in [0.1, 0.15) is 0 Å². The van der Waals surface area contributed by atoms with Crippen LogP contribution in [0.15, 0.2) is 0 Å². The van der Waals surface area contributed by atoms with Crippen LogP contribution in [0.5, 0.6) is 0 Å². The summed E-state index contributed by atoms with van der Waals surface area (Å²) in [4.78, 5) is 0. The summed E-state index contributed by atoms with van der Waals surface area (Å²) >= 11 is 0. The van der Waals surface area contributed by atoms with Crippen molar-refractivity contribution in [3.05, 3.63) is 0 Å². The molecule has 3 nitrogen and oxygen atoms in total. The second kappa shape index (κ2) is 64.6. The Hall–Kier alpha value is 0.620.